The van der Waals surface area contributed by atoms with Gasteiger partial charge in [-0.15, -0.1) is 0 Å². The summed E-state index contributed by atoms with van der Waals surface area (Å²) < 4.78 is 21.6. The summed E-state index contributed by atoms with van der Waals surface area (Å²) >= 11 is 0. The smallest absolute Gasteiger partial charge is 0.196 e. The number of ketones is 1. The molecule has 0 amide bonds. The van der Waals surface area contributed by atoms with Crippen molar-refractivity contribution < 1.29 is 28.6 Å². The Kier molecular flexibility index (Phi) is 7.95. The van der Waals surface area contributed by atoms with Crippen LogP contribution in [0, 0.1) is 0 Å². The third kappa shape index (κ3) is 5.32. The molecule has 3 rings (SSSR count). The van der Waals surface area contributed by atoms with Crippen LogP contribution in [-0.2, 0) is 4.79 Å². The molecule has 0 atom stereocenters. The summed E-state index contributed by atoms with van der Waals surface area (Å²) in [4.78, 5) is 14.8. The van der Waals surface area contributed by atoms with E-state index in [-0.39, 0.29) is 5.78 Å². The Labute approximate surface area is 190 Å². The number of piperidine rings is 1. The molecule has 32 heavy (non-hydrogen) atoms. The van der Waals surface area contributed by atoms with E-state index in [4.69, 9.17) is 18.9 Å². The van der Waals surface area contributed by atoms with Gasteiger partial charge in [-0.2, -0.15) is 0 Å². The number of likely N-dealkylation sites (tertiary alicyclic amines) is 1. The van der Waals surface area contributed by atoms with Crippen LogP contribution in [0.15, 0.2) is 47.5 Å². The number of nitrogens with one attached hydrogen (secondary N) is 1. The molecular weight excluding hydrogens is 406 g/mol. The number of Topliss-reactive ketones (excluding diaryl/α,β-unsaturated/α-hetero) is 1. The highest BCUT2D eigenvalue weighted by Crippen LogP contribution is 2.29. The summed E-state index contributed by atoms with van der Waals surface area (Å²) in [6.45, 7) is 4.51. The van der Waals surface area contributed by atoms with Crippen molar-refractivity contribution in [2.75, 3.05) is 48.1 Å². The van der Waals surface area contributed by atoms with Gasteiger partial charge in [0, 0.05) is 23.3 Å². The highest BCUT2D eigenvalue weighted by molar-refractivity contribution is 6.14. The predicted octanol–water partition coefficient (Wildman–Crippen LogP) is 3.07. The number of rotatable bonds is 8. The van der Waals surface area contributed by atoms with Gasteiger partial charge in [-0.05, 0) is 42.8 Å². The largest absolute Gasteiger partial charge is 0.497 e. The molecule has 1 fully saturated rings. The summed E-state index contributed by atoms with van der Waals surface area (Å²) in [6, 6.07) is 11.2. The van der Waals surface area contributed by atoms with E-state index >= 15 is 0 Å². The van der Waals surface area contributed by atoms with E-state index in [2.05, 4.69) is 6.92 Å². The first-order valence-corrected chi connectivity index (χ1v) is 10.8. The van der Waals surface area contributed by atoms with Gasteiger partial charge < -0.3 is 23.8 Å². The first-order chi connectivity index (χ1) is 15.5. The summed E-state index contributed by atoms with van der Waals surface area (Å²) in [5.41, 5.74) is 3.25. The van der Waals surface area contributed by atoms with Gasteiger partial charge in [-0.1, -0.05) is 6.92 Å². The number of carbonyl (C=O) groups excluding carboxylic acids is 1. The fourth-order valence-electron chi connectivity index (χ4n) is 3.98. The highest BCUT2D eigenvalue weighted by atomic mass is 16.5. The molecule has 1 aliphatic heterocycles. The van der Waals surface area contributed by atoms with Crippen molar-refractivity contribution in [2.45, 2.75) is 13.3 Å². The molecule has 1 saturated heterocycles. The molecule has 170 valence electrons. The second-order valence-electron chi connectivity index (χ2n) is 7.74. The fraction of sp³-hybridized carbons (Fsp3) is 0.346. The number of benzene rings is 2. The molecule has 1 aliphatic rings. The Bertz CT molecular complexity index is 947. The number of carbonyl (C=O) groups is 1. The maximum absolute atomic E-state index is 13.4. The Morgan fingerprint density at radius 1 is 0.781 bits per heavy atom. The molecular formula is C26H32NO5+. The summed E-state index contributed by atoms with van der Waals surface area (Å²) in [6.07, 6.45) is 4.92. The lowest BCUT2D eigenvalue weighted by atomic mass is 9.93. The average molecular weight is 439 g/mol. The minimum Gasteiger partial charge on any atom is -0.497 e. The normalized spacial score (nSPS) is 18.7. The van der Waals surface area contributed by atoms with Crippen LogP contribution in [0.25, 0.3) is 12.2 Å². The Morgan fingerprint density at radius 2 is 1.25 bits per heavy atom. The van der Waals surface area contributed by atoms with Crippen LogP contribution in [0.3, 0.4) is 0 Å². The van der Waals surface area contributed by atoms with Crippen molar-refractivity contribution >= 4 is 17.9 Å². The molecule has 6 heteroatoms. The van der Waals surface area contributed by atoms with E-state index in [0.29, 0.717) is 36.1 Å². The van der Waals surface area contributed by atoms with Crippen molar-refractivity contribution in [3.63, 3.8) is 0 Å². The van der Waals surface area contributed by atoms with Crippen LogP contribution >= 0.6 is 0 Å². The molecule has 0 aromatic heterocycles. The third-order valence-electron chi connectivity index (χ3n) is 5.61. The molecule has 0 radical (unpaired) electrons. The minimum absolute atomic E-state index is 0.0561. The van der Waals surface area contributed by atoms with Crippen LogP contribution in [0.4, 0.5) is 0 Å². The van der Waals surface area contributed by atoms with E-state index in [9.17, 15) is 4.79 Å². The molecule has 1 heterocycles. The zero-order valence-corrected chi connectivity index (χ0v) is 19.5. The van der Waals surface area contributed by atoms with Crippen LogP contribution in [0.5, 0.6) is 23.0 Å². The standard InChI is InChI=1S/C26H31NO5/c1-6-11-27-16-20(12-18-7-9-22(29-2)14-24(18)31-4)26(28)21(17-27)13-19-8-10-23(30-3)15-25(19)32-5/h7-10,12-15H,6,11,16-17H2,1-5H3/p+1/b20-12+,21-13+. The van der Waals surface area contributed by atoms with Crippen molar-refractivity contribution in [3.8, 4) is 23.0 Å². The maximum Gasteiger partial charge on any atom is 0.196 e. The van der Waals surface area contributed by atoms with Crippen molar-refractivity contribution in [1.82, 2.24) is 0 Å². The fourth-order valence-corrected chi connectivity index (χ4v) is 3.98. The second kappa shape index (κ2) is 10.9. The quantitative estimate of drug-likeness (QED) is 0.642. The molecule has 0 spiro atoms. The lowest BCUT2D eigenvalue weighted by Crippen LogP contribution is -3.13. The molecule has 0 unspecified atom stereocenters. The van der Waals surface area contributed by atoms with Gasteiger partial charge in [-0.25, -0.2) is 0 Å². The van der Waals surface area contributed by atoms with E-state index in [1.807, 2.05) is 48.6 Å². The highest BCUT2D eigenvalue weighted by Gasteiger charge is 2.29. The van der Waals surface area contributed by atoms with Crippen LogP contribution in [0.1, 0.15) is 24.5 Å². The van der Waals surface area contributed by atoms with E-state index in [1.165, 1.54) is 4.90 Å². The molecule has 0 bridgehead atoms. The molecule has 2 aromatic carbocycles. The predicted molar refractivity (Wildman–Crippen MR) is 126 cm³/mol. The summed E-state index contributed by atoms with van der Waals surface area (Å²) in [5.74, 6) is 2.83. The number of ether oxygens (including phenoxy) is 4. The van der Waals surface area contributed by atoms with Gasteiger partial charge in [0.05, 0.1) is 46.1 Å². The summed E-state index contributed by atoms with van der Waals surface area (Å²) in [7, 11) is 6.48. The number of methoxy groups -OCH3 is 4. The molecule has 0 aliphatic carbocycles. The van der Waals surface area contributed by atoms with Gasteiger partial charge >= 0.3 is 0 Å². The van der Waals surface area contributed by atoms with E-state index in [1.54, 1.807) is 28.4 Å². The maximum atomic E-state index is 13.4. The molecule has 6 nitrogen and oxygen atoms in total. The van der Waals surface area contributed by atoms with E-state index < -0.39 is 0 Å². The molecule has 0 saturated carbocycles. The zero-order chi connectivity index (χ0) is 23.1. The number of hydrogen-bond acceptors (Lipinski definition) is 5. The van der Waals surface area contributed by atoms with Gasteiger partial charge in [0.25, 0.3) is 0 Å². The Balaban J connectivity index is 2.02. The second-order valence-corrected chi connectivity index (χ2v) is 7.74. The van der Waals surface area contributed by atoms with E-state index in [0.717, 1.165) is 35.2 Å². The van der Waals surface area contributed by atoms with Crippen molar-refractivity contribution in [3.05, 3.63) is 58.7 Å². The molecule has 1 N–H and O–H groups in total. The topological polar surface area (TPSA) is 58.4 Å². The summed E-state index contributed by atoms with van der Waals surface area (Å²) in [5, 5.41) is 0. The Hall–Kier alpha value is -3.25. The van der Waals surface area contributed by atoms with Gasteiger partial charge in [0.15, 0.2) is 5.78 Å². The van der Waals surface area contributed by atoms with Crippen LogP contribution in [0.2, 0.25) is 0 Å². The lowest BCUT2D eigenvalue weighted by Gasteiger charge is -2.27. The average Bonchev–Trinajstić information content (AvgIpc) is 2.82. The monoisotopic (exact) mass is 438 g/mol. The van der Waals surface area contributed by atoms with Gasteiger partial charge in [0.1, 0.15) is 36.1 Å². The van der Waals surface area contributed by atoms with Crippen LogP contribution < -0.4 is 23.8 Å². The Morgan fingerprint density at radius 3 is 1.62 bits per heavy atom. The van der Waals surface area contributed by atoms with Gasteiger partial charge in [0.2, 0.25) is 0 Å². The van der Waals surface area contributed by atoms with Crippen molar-refractivity contribution in [2.24, 2.45) is 0 Å². The SMILES string of the molecule is CCC[NH+]1C/C(=C\c2ccc(OC)cc2OC)C(=O)/C(=C/c2ccc(OC)cc2OC)C1. The minimum atomic E-state index is 0.0561. The first kappa shape index (κ1) is 23.4. The third-order valence-corrected chi connectivity index (χ3v) is 5.61. The van der Waals surface area contributed by atoms with Gasteiger partial charge in [-0.3, -0.25) is 4.79 Å². The number of hydrogen-bond donors (Lipinski definition) is 1. The lowest BCUT2D eigenvalue weighted by molar-refractivity contribution is -0.891. The first-order valence-electron chi connectivity index (χ1n) is 10.8. The molecule has 2 aromatic rings. The van der Waals surface area contributed by atoms with Crippen LogP contribution in [-0.4, -0.2) is 53.9 Å². The number of quaternary nitrogens is 1. The zero-order valence-electron chi connectivity index (χ0n) is 19.5. The van der Waals surface area contributed by atoms with Crippen molar-refractivity contribution in [1.29, 1.82) is 0 Å².